The lowest BCUT2D eigenvalue weighted by atomic mass is 9.91. The molecule has 186 valence electrons. The summed E-state index contributed by atoms with van der Waals surface area (Å²) in [6.45, 7) is 7.41. The van der Waals surface area contributed by atoms with Gasteiger partial charge in [-0.1, -0.05) is 19.1 Å². The molecule has 1 amide bonds. The zero-order valence-electron chi connectivity index (χ0n) is 20.5. The zero-order chi connectivity index (χ0) is 25.3. The lowest BCUT2D eigenvalue weighted by molar-refractivity contribution is 0.0487. The topological polar surface area (TPSA) is 95.2 Å². The summed E-state index contributed by atoms with van der Waals surface area (Å²) < 4.78 is 22.0. The maximum absolute atomic E-state index is 14.1. The summed E-state index contributed by atoms with van der Waals surface area (Å²) in [7, 11) is 0. The molecule has 1 aromatic carbocycles. The van der Waals surface area contributed by atoms with Crippen molar-refractivity contribution in [2.45, 2.75) is 77.5 Å². The van der Waals surface area contributed by atoms with Crippen LogP contribution in [0.5, 0.6) is 0 Å². The largest absolute Gasteiger partial charge is 0.444 e. The minimum absolute atomic E-state index is 0.0560. The van der Waals surface area contributed by atoms with E-state index in [0.29, 0.717) is 31.4 Å². The molecule has 4 rings (SSSR count). The summed E-state index contributed by atoms with van der Waals surface area (Å²) in [4.78, 5) is 43.3. The molecule has 0 radical (unpaired) electrons. The summed E-state index contributed by atoms with van der Waals surface area (Å²) in [5, 5.41) is 2.93. The first-order chi connectivity index (χ1) is 16.6. The molecule has 0 saturated heterocycles. The molecule has 0 unspecified atom stereocenters. The molecular weight excluding hydrogens is 451 g/mol. The number of aromatic nitrogens is 3. The first-order valence-corrected chi connectivity index (χ1v) is 12.0. The second-order valence-electron chi connectivity index (χ2n) is 9.99. The first kappa shape index (κ1) is 24.6. The fourth-order valence-electron chi connectivity index (χ4n) is 4.61. The van der Waals surface area contributed by atoms with E-state index in [9.17, 15) is 18.8 Å². The van der Waals surface area contributed by atoms with Crippen molar-refractivity contribution < 1.29 is 13.9 Å². The van der Waals surface area contributed by atoms with Crippen LogP contribution in [0.4, 0.5) is 9.18 Å². The minimum Gasteiger partial charge on any atom is -0.444 e. The fourth-order valence-corrected chi connectivity index (χ4v) is 4.61. The van der Waals surface area contributed by atoms with Gasteiger partial charge in [0.25, 0.3) is 5.56 Å². The molecule has 8 nitrogen and oxygen atoms in total. The molecule has 3 aromatic rings. The average molecular weight is 483 g/mol. The molecule has 1 aliphatic rings. The Morgan fingerprint density at radius 1 is 1.17 bits per heavy atom. The van der Waals surface area contributed by atoms with Gasteiger partial charge in [0.1, 0.15) is 11.4 Å². The van der Waals surface area contributed by atoms with E-state index in [4.69, 9.17) is 4.74 Å². The van der Waals surface area contributed by atoms with Gasteiger partial charge >= 0.3 is 11.8 Å². The summed E-state index contributed by atoms with van der Waals surface area (Å²) in [5.41, 5.74) is 0.0834. The Morgan fingerprint density at radius 3 is 2.54 bits per heavy atom. The van der Waals surface area contributed by atoms with Crippen LogP contribution in [0, 0.1) is 5.82 Å². The molecule has 1 aliphatic carbocycles. The predicted octanol–water partition coefficient (Wildman–Crippen LogP) is 4.26. The molecule has 1 fully saturated rings. The smallest absolute Gasteiger partial charge is 0.407 e. The van der Waals surface area contributed by atoms with E-state index >= 15 is 0 Å². The van der Waals surface area contributed by atoms with Crippen LogP contribution in [0.15, 0.2) is 46.1 Å². The Labute approximate surface area is 202 Å². The number of hydrogen-bond donors (Lipinski definition) is 1. The zero-order valence-corrected chi connectivity index (χ0v) is 20.5. The number of rotatable bonds is 4. The van der Waals surface area contributed by atoms with Crippen LogP contribution < -0.4 is 16.6 Å². The van der Waals surface area contributed by atoms with Crippen LogP contribution in [-0.2, 0) is 11.2 Å². The maximum Gasteiger partial charge on any atom is 0.407 e. The molecule has 1 N–H and O–H groups in total. The number of carbonyl (C=O) groups is 1. The summed E-state index contributed by atoms with van der Waals surface area (Å²) in [6.07, 6.45) is 3.50. The number of alkyl carbamates (subject to hydrolysis) is 1. The van der Waals surface area contributed by atoms with E-state index in [1.54, 1.807) is 26.8 Å². The van der Waals surface area contributed by atoms with Crippen molar-refractivity contribution in [2.24, 2.45) is 0 Å². The van der Waals surface area contributed by atoms with Crippen molar-refractivity contribution in [3.05, 3.63) is 68.7 Å². The molecule has 2 aromatic heterocycles. The highest BCUT2D eigenvalue weighted by molar-refractivity contribution is 5.75. The molecule has 9 heteroatoms. The van der Waals surface area contributed by atoms with Crippen molar-refractivity contribution >= 4 is 17.1 Å². The molecule has 0 spiro atoms. The van der Waals surface area contributed by atoms with Crippen molar-refractivity contribution in [3.63, 3.8) is 0 Å². The molecule has 1 saturated carbocycles. The number of carbonyl (C=O) groups excluding carboxylic acids is 1. The van der Waals surface area contributed by atoms with E-state index in [1.165, 1.54) is 9.13 Å². The van der Waals surface area contributed by atoms with Crippen LogP contribution in [-0.4, -0.2) is 31.9 Å². The third-order valence-corrected chi connectivity index (χ3v) is 6.25. The van der Waals surface area contributed by atoms with Gasteiger partial charge in [0.15, 0.2) is 5.65 Å². The number of nitrogens with zero attached hydrogens (tertiary/aromatic N) is 3. The van der Waals surface area contributed by atoms with E-state index in [2.05, 4.69) is 10.3 Å². The van der Waals surface area contributed by atoms with Gasteiger partial charge in [0.2, 0.25) is 0 Å². The molecule has 0 atom stereocenters. The maximum atomic E-state index is 14.1. The van der Waals surface area contributed by atoms with Crippen molar-refractivity contribution in [3.8, 4) is 5.69 Å². The lowest BCUT2D eigenvalue weighted by Crippen LogP contribution is -2.45. The number of aryl methyl sites for hydroxylation is 1. The number of hydrogen-bond acceptors (Lipinski definition) is 5. The predicted molar refractivity (Wildman–Crippen MR) is 132 cm³/mol. The summed E-state index contributed by atoms with van der Waals surface area (Å²) >= 11 is 0. The Kier molecular flexibility index (Phi) is 6.78. The van der Waals surface area contributed by atoms with Gasteiger partial charge < -0.3 is 10.1 Å². The Hall–Kier alpha value is -3.49. The molecule has 2 heterocycles. The van der Waals surface area contributed by atoms with E-state index in [-0.39, 0.29) is 23.1 Å². The number of ether oxygens (including phenoxy) is 1. The van der Waals surface area contributed by atoms with Gasteiger partial charge in [-0.05, 0) is 76.6 Å². The van der Waals surface area contributed by atoms with E-state index in [1.807, 2.05) is 25.1 Å². The normalized spacial score (nSPS) is 18.4. The first-order valence-electron chi connectivity index (χ1n) is 12.0. The van der Waals surface area contributed by atoms with Crippen LogP contribution in [0.25, 0.3) is 16.7 Å². The molecule has 35 heavy (non-hydrogen) atoms. The fraction of sp³-hybridized carbons (Fsp3) is 0.462. The van der Waals surface area contributed by atoms with E-state index in [0.717, 1.165) is 24.2 Å². The van der Waals surface area contributed by atoms with Crippen molar-refractivity contribution in [2.75, 3.05) is 0 Å². The van der Waals surface area contributed by atoms with Crippen LogP contribution in [0.3, 0.4) is 0 Å². The standard InChI is InChI=1S/C26H31FN4O4/c1-5-16-7-6-8-20(13-16)30-22-21(14-17(27)15-28-22)23(32)31(25(30)34)19-11-9-18(10-12-19)29-24(33)35-26(2,3)4/h6-8,13-15,18-19H,5,9-12H2,1-4H3,(H,29,33). The number of benzene rings is 1. The number of pyridine rings is 1. The second kappa shape index (κ2) is 9.64. The molecule has 0 aliphatic heterocycles. The third kappa shape index (κ3) is 5.28. The number of nitrogens with one attached hydrogen (secondary N) is 1. The van der Waals surface area contributed by atoms with Crippen molar-refractivity contribution in [1.82, 2.24) is 19.4 Å². The van der Waals surface area contributed by atoms with Crippen LogP contribution >= 0.6 is 0 Å². The van der Waals surface area contributed by atoms with E-state index < -0.39 is 28.8 Å². The lowest BCUT2D eigenvalue weighted by Gasteiger charge is -2.31. The van der Waals surface area contributed by atoms with Gasteiger partial charge in [-0.25, -0.2) is 23.5 Å². The van der Waals surface area contributed by atoms with Gasteiger partial charge in [0, 0.05) is 12.1 Å². The number of amides is 1. The monoisotopic (exact) mass is 482 g/mol. The second-order valence-corrected chi connectivity index (χ2v) is 9.99. The third-order valence-electron chi connectivity index (χ3n) is 6.25. The average Bonchev–Trinajstić information content (AvgIpc) is 2.79. The Balaban J connectivity index is 1.71. The van der Waals surface area contributed by atoms with Gasteiger partial charge in [-0.15, -0.1) is 0 Å². The van der Waals surface area contributed by atoms with Gasteiger partial charge in [-0.3, -0.25) is 9.36 Å². The van der Waals surface area contributed by atoms with Crippen LogP contribution in [0.1, 0.15) is 65.0 Å². The Morgan fingerprint density at radius 2 is 1.89 bits per heavy atom. The number of halogens is 1. The van der Waals surface area contributed by atoms with Gasteiger partial charge in [0.05, 0.1) is 17.3 Å². The van der Waals surface area contributed by atoms with Gasteiger partial charge in [-0.2, -0.15) is 0 Å². The number of fused-ring (bicyclic) bond motifs is 1. The van der Waals surface area contributed by atoms with Crippen molar-refractivity contribution in [1.29, 1.82) is 0 Å². The highest BCUT2D eigenvalue weighted by atomic mass is 19.1. The molecular formula is C26H31FN4O4. The SMILES string of the molecule is CCc1cccc(-n2c(=O)n(C3CCC(NC(=O)OC(C)(C)C)CC3)c(=O)c3cc(F)cnc32)c1. The quantitative estimate of drug-likeness (QED) is 0.600. The summed E-state index contributed by atoms with van der Waals surface area (Å²) in [6, 6.07) is 8.11. The minimum atomic E-state index is -0.640. The highest BCUT2D eigenvalue weighted by Crippen LogP contribution is 2.28. The molecule has 0 bridgehead atoms. The highest BCUT2D eigenvalue weighted by Gasteiger charge is 2.29. The summed E-state index contributed by atoms with van der Waals surface area (Å²) in [5.74, 6) is -0.640. The Bertz CT molecular complexity index is 1360. The van der Waals surface area contributed by atoms with Crippen LogP contribution in [0.2, 0.25) is 0 Å².